The van der Waals surface area contributed by atoms with E-state index in [0.29, 0.717) is 5.56 Å². The van der Waals surface area contributed by atoms with Crippen LogP contribution in [0.1, 0.15) is 5.76 Å². The predicted octanol–water partition coefficient (Wildman–Crippen LogP) is 1.47. The molecule has 0 unspecified atom stereocenters. The van der Waals surface area contributed by atoms with E-state index >= 15 is 0 Å². The molecule has 0 radical (unpaired) electrons. The van der Waals surface area contributed by atoms with Gasteiger partial charge in [0, 0.05) is 6.26 Å². The van der Waals surface area contributed by atoms with Gasteiger partial charge in [-0.15, -0.1) is 0 Å². The van der Waals surface area contributed by atoms with Gasteiger partial charge < -0.3 is 10.3 Å². The smallest absolute Gasteiger partial charge is 0.175 e. The molecule has 0 atom stereocenters. The molecule has 0 fully saturated rings. The molecular weight excluding hydrogens is 240 g/mol. The molecule has 0 saturated carbocycles. The molecule has 0 spiro atoms. The Kier molecular flexibility index (Phi) is 2.89. The second kappa shape index (κ2) is 4.21. The van der Waals surface area contributed by atoms with E-state index < -0.39 is 9.84 Å². The van der Waals surface area contributed by atoms with Crippen LogP contribution in [-0.4, -0.2) is 19.8 Å². The maximum Gasteiger partial charge on any atom is 0.175 e. The monoisotopic (exact) mass is 252 g/mol. The normalized spacial score (nSPS) is 11.6. The Balaban J connectivity index is 2.51. The van der Waals surface area contributed by atoms with Gasteiger partial charge in [0.15, 0.2) is 21.4 Å². The quantitative estimate of drug-likeness (QED) is 0.893. The van der Waals surface area contributed by atoms with Crippen LogP contribution >= 0.6 is 0 Å². The first-order valence-electron chi connectivity index (χ1n) is 4.94. The van der Waals surface area contributed by atoms with Crippen LogP contribution in [0.4, 0.5) is 5.82 Å². The average Bonchev–Trinajstić information content (AvgIpc) is 2.58. The first-order valence-corrected chi connectivity index (χ1v) is 7.00. The van der Waals surface area contributed by atoms with Crippen molar-refractivity contribution >= 4 is 15.7 Å². The number of aromatic nitrogens is 1. The van der Waals surface area contributed by atoms with Gasteiger partial charge in [-0.2, -0.15) is 0 Å². The maximum absolute atomic E-state index is 11.3. The van der Waals surface area contributed by atoms with E-state index in [-0.39, 0.29) is 17.3 Å². The van der Waals surface area contributed by atoms with E-state index in [2.05, 4.69) is 5.16 Å². The van der Waals surface area contributed by atoms with Crippen LogP contribution in [0, 0.1) is 0 Å². The Bertz CT molecular complexity index is 617. The minimum absolute atomic E-state index is 0.204. The number of nitrogen functional groups attached to an aromatic ring is 1. The number of benzene rings is 1. The number of hydrogen-bond acceptors (Lipinski definition) is 5. The number of hydrogen-bond donors (Lipinski definition) is 1. The predicted molar refractivity (Wildman–Crippen MR) is 64.9 cm³/mol. The van der Waals surface area contributed by atoms with E-state index in [1.54, 1.807) is 0 Å². The largest absolute Gasteiger partial charge is 0.380 e. The van der Waals surface area contributed by atoms with Crippen LogP contribution < -0.4 is 5.73 Å². The van der Waals surface area contributed by atoms with Crippen LogP contribution in [0.15, 0.2) is 34.9 Å². The molecule has 0 saturated heterocycles. The van der Waals surface area contributed by atoms with Crippen LogP contribution in [0.2, 0.25) is 0 Å². The van der Waals surface area contributed by atoms with Crippen LogP contribution in [-0.2, 0) is 15.6 Å². The summed E-state index contributed by atoms with van der Waals surface area (Å²) in [5.41, 5.74) is 7.04. The Morgan fingerprint density at radius 2 is 1.94 bits per heavy atom. The molecule has 90 valence electrons. The summed E-state index contributed by atoms with van der Waals surface area (Å²) in [5, 5.41) is 3.62. The van der Waals surface area contributed by atoms with Crippen molar-refractivity contribution in [2.45, 2.75) is 5.75 Å². The number of rotatable bonds is 3. The van der Waals surface area contributed by atoms with Gasteiger partial charge in [-0.3, -0.25) is 0 Å². The third-order valence-corrected chi connectivity index (χ3v) is 3.03. The zero-order chi connectivity index (χ0) is 12.5. The van der Waals surface area contributed by atoms with E-state index in [4.69, 9.17) is 10.3 Å². The molecule has 2 N–H and O–H groups in total. The van der Waals surface area contributed by atoms with Crippen LogP contribution in [0.25, 0.3) is 11.1 Å². The van der Waals surface area contributed by atoms with E-state index in [1.165, 1.54) is 0 Å². The lowest BCUT2D eigenvalue weighted by molar-refractivity contribution is 0.396. The SMILES string of the molecule is CS(=O)(=O)Cc1onc(N)c1-c1ccccc1. The molecule has 17 heavy (non-hydrogen) atoms. The van der Waals surface area contributed by atoms with E-state index in [0.717, 1.165) is 11.8 Å². The molecule has 0 aliphatic heterocycles. The van der Waals surface area contributed by atoms with Crippen molar-refractivity contribution in [2.75, 3.05) is 12.0 Å². The lowest BCUT2D eigenvalue weighted by Crippen LogP contribution is -2.01. The standard InChI is InChI=1S/C11H12N2O3S/c1-17(14,15)7-9-10(11(12)13-16-9)8-5-3-2-4-6-8/h2-6H,7H2,1H3,(H2,12,13). The first-order chi connectivity index (χ1) is 7.97. The molecule has 0 amide bonds. The van der Waals surface area contributed by atoms with Gasteiger partial charge in [0.05, 0.1) is 5.56 Å². The maximum atomic E-state index is 11.3. The Labute approximate surface area is 99.1 Å². The van der Waals surface area contributed by atoms with Crippen LogP contribution in [0.5, 0.6) is 0 Å². The van der Waals surface area contributed by atoms with Gasteiger partial charge >= 0.3 is 0 Å². The number of nitrogens with two attached hydrogens (primary N) is 1. The van der Waals surface area contributed by atoms with Gasteiger partial charge in [0.1, 0.15) is 5.75 Å². The highest BCUT2D eigenvalue weighted by atomic mass is 32.2. The fourth-order valence-corrected chi connectivity index (χ4v) is 2.26. The van der Waals surface area contributed by atoms with Crippen molar-refractivity contribution in [2.24, 2.45) is 0 Å². The Morgan fingerprint density at radius 1 is 1.29 bits per heavy atom. The van der Waals surface area contributed by atoms with Gasteiger partial charge in [-0.25, -0.2) is 8.42 Å². The lowest BCUT2D eigenvalue weighted by Gasteiger charge is -2.01. The van der Waals surface area contributed by atoms with E-state index in [1.807, 2.05) is 30.3 Å². The highest BCUT2D eigenvalue weighted by Crippen LogP contribution is 2.30. The van der Waals surface area contributed by atoms with Gasteiger partial charge in [-0.1, -0.05) is 35.5 Å². The molecule has 1 heterocycles. The van der Waals surface area contributed by atoms with Crippen molar-refractivity contribution in [1.82, 2.24) is 5.16 Å². The minimum atomic E-state index is -3.18. The fraction of sp³-hybridized carbons (Fsp3) is 0.182. The average molecular weight is 252 g/mol. The summed E-state index contributed by atoms with van der Waals surface area (Å²) in [5.74, 6) is 0.271. The topological polar surface area (TPSA) is 86.2 Å². The van der Waals surface area contributed by atoms with Crippen molar-refractivity contribution in [3.63, 3.8) is 0 Å². The molecule has 0 aliphatic rings. The van der Waals surface area contributed by atoms with Crippen molar-refractivity contribution in [3.8, 4) is 11.1 Å². The molecule has 5 nitrogen and oxygen atoms in total. The molecule has 2 rings (SSSR count). The summed E-state index contributed by atoms with van der Waals surface area (Å²) in [7, 11) is -3.18. The summed E-state index contributed by atoms with van der Waals surface area (Å²) >= 11 is 0. The zero-order valence-corrected chi connectivity index (χ0v) is 10.1. The Morgan fingerprint density at radius 3 is 2.53 bits per heavy atom. The lowest BCUT2D eigenvalue weighted by atomic mass is 10.1. The third kappa shape index (κ3) is 2.65. The number of nitrogens with zero attached hydrogens (tertiary/aromatic N) is 1. The van der Waals surface area contributed by atoms with Crippen molar-refractivity contribution in [1.29, 1.82) is 0 Å². The molecule has 1 aromatic heterocycles. The molecule has 6 heteroatoms. The Hall–Kier alpha value is -1.82. The summed E-state index contributed by atoms with van der Waals surface area (Å²) in [4.78, 5) is 0. The second-order valence-electron chi connectivity index (χ2n) is 3.80. The number of sulfone groups is 1. The summed E-state index contributed by atoms with van der Waals surface area (Å²) in [6.45, 7) is 0. The van der Waals surface area contributed by atoms with Gasteiger partial charge in [0.2, 0.25) is 0 Å². The fourth-order valence-electron chi connectivity index (χ4n) is 1.59. The summed E-state index contributed by atoms with van der Waals surface area (Å²) in [6.07, 6.45) is 1.14. The first kappa shape index (κ1) is 11.7. The molecule has 2 aromatic rings. The van der Waals surface area contributed by atoms with Gasteiger partial charge in [0.25, 0.3) is 0 Å². The molecular formula is C11H12N2O3S. The number of anilines is 1. The third-order valence-electron chi connectivity index (χ3n) is 2.24. The summed E-state index contributed by atoms with van der Waals surface area (Å²) in [6, 6.07) is 9.20. The molecule has 0 bridgehead atoms. The van der Waals surface area contributed by atoms with Crippen molar-refractivity contribution in [3.05, 3.63) is 36.1 Å². The van der Waals surface area contributed by atoms with Crippen LogP contribution in [0.3, 0.4) is 0 Å². The zero-order valence-electron chi connectivity index (χ0n) is 9.25. The van der Waals surface area contributed by atoms with Gasteiger partial charge in [-0.05, 0) is 5.56 Å². The molecule has 0 aliphatic carbocycles. The second-order valence-corrected chi connectivity index (χ2v) is 5.94. The van der Waals surface area contributed by atoms with Crippen molar-refractivity contribution < 1.29 is 12.9 Å². The summed E-state index contributed by atoms with van der Waals surface area (Å²) < 4.78 is 27.5. The highest BCUT2D eigenvalue weighted by molar-refractivity contribution is 7.89. The minimum Gasteiger partial charge on any atom is -0.380 e. The molecule has 1 aromatic carbocycles. The highest BCUT2D eigenvalue weighted by Gasteiger charge is 2.19. The van der Waals surface area contributed by atoms with E-state index in [9.17, 15) is 8.42 Å².